The van der Waals surface area contributed by atoms with Gasteiger partial charge in [0.05, 0.1) is 24.6 Å². The molecular weight excluding hydrogens is 461 g/mol. The summed E-state index contributed by atoms with van der Waals surface area (Å²) in [7, 11) is -2.39. The zero-order chi connectivity index (χ0) is 24.3. The van der Waals surface area contributed by atoms with Crippen LogP contribution in [0.5, 0.6) is 5.75 Å². The molecule has 0 unspecified atom stereocenters. The van der Waals surface area contributed by atoms with Crippen molar-refractivity contribution >= 4 is 27.2 Å². The molecule has 0 bridgehead atoms. The van der Waals surface area contributed by atoms with E-state index in [2.05, 4.69) is 9.82 Å². The van der Waals surface area contributed by atoms with Crippen LogP contribution in [0.25, 0.3) is 16.8 Å². The number of carbonyl (C=O) groups excluding carboxylic acids is 1. The number of hydrogen-bond donors (Lipinski definition) is 1. The molecular formula is C24H22FN3O5S. The van der Waals surface area contributed by atoms with E-state index in [-0.39, 0.29) is 35.1 Å². The van der Waals surface area contributed by atoms with E-state index in [4.69, 9.17) is 9.47 Å². The van der Waals surface area contributed by atoms with Crippen molar-refractivity contribution in [2.75, 3.05) is 17.6 Å². The standard InChI is InChI=1S/C24H22FN3O5S/c1-3-34(30,31)27-19-14-28-20(13-21(19)33-15-16-7-5-4-6-8-16)22(24(29)32-2)23(26-28)17-9-11-18(25)12-10-17/h4-14,27H,3,15H2,1-2H3. The summed E-state index contributed by atoms with van der Waals surface area (Å²) in [5.74, 6) is -1.01. The Kier molecular flexibility index (Phi) is 6.51. The monoisotopic (exact) mass is 483 g/mol. The maximum absolute atomic E-state index is 13.5. The van der Waals surface area contributed by atoms with Gasteiger partial charge in [0, 0.05) is 11.6 Å². The summed E-state index contributed by atoms with van der Waals surface area (Å²) in [5.41, 5.74) is 2.27. The summed E-state index contributed by atoms with van der Waals surface area (Å²) >= 11 is 0. The number of methoxy groups -OCH3 is 1. The predicted molar refractivity (Wildman–Crippen MR) is 126 cm³/mol. The zero-order valence-electron chi connectivity index (χ0n) is 18.5. The molecule has 2 aromatic carbocycles. The van der Waals surface area contributed by atoms with Gasteiger partial charge >= 0.3 is 5.97 Å². The number of anilines is 1. The third-order valence-corrected chi connectivity index (χ3v) is 6.41. The van der Waals surface area contributed by atoms with Crippen molar-refractivity contribution in [3.05, 3.63) is 83.8 Å². The third-order valence-electron chi connectivity index (χ3n) is 5.12. The summed E-state index contributed by atoms with van der Waals surface area (Å²) in [6, 6.07) is 16.4. The highest BCUT2D eigenvalue weighted by molar-refractivity contribution is 7.92. The van der Waals surface area contributed by atoms with E-state index >= 15 is 0 Å². The number of carbonyl (C=O) groups is 1. The highest BCUT2D eigenvalue weighted by Crippen LogP contribution is 2.34. The van der Waals surface area contributed by atoms with Crippen LogP contribution in [0.3, 0.4) is 0 Å². The molecule has 4 rings (SSSR count). The van der Waals surface area contributed by atoms with Crippen molar-refractivity contribution < 1.29 is 27.1 Å². The van der Waals surface area contributed by atoms with Crippen molar-refractivity contribution in [3.63, 3.8) is 0 Å². The minimum absolute atomic E-state index is 0.142. The van der Waals surface area contributed by atoms with E-state index in [1.807, 2.05) is 30.3 Å². The number of esters is 1. The van der Waals surface area contributed by atoms with Crippen molar-refractivity contribution in [3.8, 4) is 17.0 Å². The highest BCUT2D eigenvalue weighted by atomic mass is 32.2. The van der Waals surface area contributed by atoms with E-state index in [9.17, 15) is 17.6 Å². The first-order chi connectivity index (χ1) is 16.3. The maximum atomic E-state index is 13.5. The van der Waals surface area contributed by atoms with Gasteiger partial charge in [0.25, 0.3) is 0 Å². The average Bonchev–Trinajstić information content (AvgIpc) is 3.21. The molecule has 0 amide bonds. The number of rotatable bonds is 8. The number of sulfonamides is 1. The van der Waals surface area contributed by atoms with Crippen LogP contribution >= 0.6 is 0 Å². The second-order valence-electron chi connectivity index (χ2n) is 7.38. The Labute approximate surface area is 196 Å². The van der Waals surface area contributed by atoms with Gasteiger partial charge in [0.15, 0.2) is 0 Å². The Morgan fingerprint density at radius 1 is 1.12 bits per heavy atom. The van der Waals surface area contributed by atoms with Gasteiger partial charge in [-0.2, -0.15) is 5.10 Å². The lowest BCUT2D eigenvalue weighted by Gasteiger charge is -2.14. The van der Waals surface area contributed by atoms with Gasteiger partial charge in [-0.1, -0.05) is 30.3 Å². The Hall–Kier alpha value is -3.92. The lowest BCUT2D eigenvalue weighted by molar-refractivity contribution is 0.0604. The smallest absolute Gasteiger partial charge is 0.342 e. The van der Waals surface area contributed by atoms with E-state index < -0.39 is 21.8 Å². The number of ether oxygens (including phenoxy) is 2. The topological polar surface area (TPSA) is 99.0 Å². The van der Waals surface area contributed by atoms with Gasteiger partial charge in [0.2, 0.25) is 10.0 Å². The summed E-state index contributed by atoms with van der Waals surface area (Å²) in [6.45, 7) is 1.69. The third kappa shape index (κ3) is 4.86. The van der Waals surface area contributed by atoms with Crippen LogP contribution in [0.15, 0.2) is 66.9 Å². The first-order valence-electron chi connectivity index (χ1n) is 10.4. The van der Waals surface area contributed by atoms with Gasteiger partial charge < -0.3 is 9.47 Å². The van der Waals surface area contributed by atoms with Gasteiger partial charge in [-0.25, -0.2) is 22.1 Å². The van der Waals surface area contributed by atoms with Gasteiger partial charge in [-0.15, -0.1) is 0 Å². The SMILES string of the molecule is CCS(=O)(=O)Nc1cn2nc(-c3ccc(F)cc3)c(C(=O)OC)c2cc1OCc1ccccc1. The molecule has 0 saturated heterocycles. The molecule has 2 heterocycles. The fraction of sp³-hybridized carbons (Fsp3) is 0.167. The number of fused-ring (bicyclic) bond motifs is 1. The number of pyridine rings is 1. The quantitative estimate of drug-likeness (QED) is 0.376. The summed E-state index contributed by atoms with van der Waals surface area (Å²) in [4.78, 5) is 12.7. The number of nitrogens with zero attached hydrogens (tertiary/aromatic N) is 2. The average molecular weight is 484 g/mol. The Balaban J connectivity index is 1.88. The molecule has 8 nitrogen and oxygen atoms in total. The molecule has 0 saturated carbocycles. The Morgan fingerprint density at radius 3 is 2.47 bits per heavy atom. The molecule has 0 aliphatic heterocycles. The van der Waals surface area contributed by atoms with Crippen LogP contribution in [0.4, 0.5) is 10.1 Å². The Bertz CT molecular complexity index is 1440. The molecule has 0 fully saturated rings. The molecule has 34 heavy (non-hydrogen) atoms. The summed E-state index contributed by atoms with van der Waals surface area (Å²) in [6.07, 6.45) is 1.43. The van der Waals surface area contributed by atoms with Crippen molar-refractivity contribution in [1.29, 1.82) is 0 Å². The molecule has 0 aliphatic carbocycles. The van der Waals surface area contributed by atoms with Crippen molar-refractivity contribution in [1.82, 2.24) is 9.61 Å². The maximum Gasteiger partial charge on any atom is 0.342 e. The lowest BCUT2D eigenvalue weighted by Crippen LogP contribution is -2.16. The van der Waals surface area contributed by atoms with Crippen LogP contribution in [-0.4, -0.2) is 36.9 Å². The minimum atomic E-state index is -3.63. The normalized spacial score (nSPS) is 11.4. The van der Waals surface area contributed by atoms with E-state index in [1.54, 1.807) is 0 Å². The summed E-state index contributed by atoms with van der Waals surface area (Å²) in [5, 5.41) is 4.46. The second-order valence-corrected chi connectivity index (χ2v) is 9.39. The first-order valence-corrected chi connectivity index (χ1v) is 12.0. The van der Waals surface area contributed by atoms with Gasteiger partial charge in [0.1, 0.15) is 35.1 Å². The van der Waals surface area contributed by atoms with Crippen LogP contribution in [-0.2, 0) is 21.4 Å². The number of nitrogens with one attached hydrogen (secondary N) is 1. The van der Waals surface area contributed by atoms with E-state index in [0.29, 0.717) is 11.1 Å². The molecule has 2 aromatic heterocycles. The van der Waals surface area contributed by atoms with Crippen LogP contribution < -0.4 is 9.46 Å². The van der Waals surface area contributed by atoms with Crippen LogP contribution in [0.2, 0.25) is 0 Å². The molecule has 0 atom stereocenters. The van der Waals surface area contributed by atoms with Crippen molar-refractivity contribution in [2.45, 2.75) is 13.5 Å². The predicted octanol–water partition coefficient (Wildman–Crippen LogP) is 4.27. The molecule has 176 valence electrons. The Morgan fingerprint density at radius 2 is 1.82 bits per heavy atom. The molecule has 0 spiro atoms. The number of benzene rings is 2. The fourth-order valence-electron chi connectivity index (χ4n) is 3.36. The zero-order valence-corrected chi connectivity index (χ0v) is 19.3. The second kappa shape index (κ2) is 9.52. The van der Waals surface area contributed by atoms with Crippen LogP contribution in [0, 0.1) is 5.82 Å². The number of halogens is 1. The molecule has 10 heteroatoms. The fourth-order valence-corrected chi connectivity index (χ4v) is 3.99. The van der Waals surface area contributed by atoms with Gasteiger partial charge in [-0.3, -0.25) is 4.72 Å². The van der Waals surface area contributed by atoms with Crippen LogP contribution in [0.1, 0.15) is 22.8 Å². The largest absolute Gasteiger partial charge is 0.487 e. The number of aromatic nitrogens is 2. The van der Waals surface area contributed by atoms with E-state index in [1.165, 1.54) is 55.1 Å². The highest BCUT2D eigenvalue weighted by Gasteiger charge is 2.24. The van der Waals surface area contributed by atoms with E-state index in [0.717, 1.165) is 5.56 Å². The molecule has 1 N–H and O–H groups in total. The minimum Gasteiger partial charge on any atom is -0.487 e. The molecule has 0 radical (unpaired) electrons. The molecule has 0 aliphatic rings. The van der Waals surface area contributed by atoms with Crippen molar-refractivity contribution in [2.24, 2.45) is 0 Å². The van der Waals surface area contributed by atoms with Gasteiger partial charge in [-0.05, 0) is 36.8 Å². The number of hydrogen-bond acceptors (Lipinski definition) is 6. The molecule has 4 aromatic rings. The lowest BCUT2D eigenvalue weighted by atomic mass is 10.1. The summed E-state index contributed by atoms with van der Waals surface area (Å²) < 4.78 is 52.9. The first kappa shape index (κ1) is 23.2.